The highest BCUT2D eigenvalue weighted by Gasteiger charge is 2.18. The Labute approximate surface area is 171 Å². The minimum atomic E-state index is -3.62. The molecule has 0 bridgehead atoms. The molecule has 0 radical (unpaired) electrons. The Balaban J connectivity index is 1.54. The molecule has 0 spiro atoms. The predicted molar refractivity (Wildman–Crippen MR) is 115 cm³/mol. The van der Waals surface area contributed by atoms with Crippen LogP contribution in [0.15, 0.2) is 77.7 Å². The van der Waals surface area contributed by atoms with E-state index >= 15 is 0 Å². The van der Waals surface area contributed by atoms with E-state index in [0.29, 0.717) is 6.54 Å². The SMILES string of the molecule is Cc1nn(Cc2ccccc2)c(C)c1CNS(=O)(=O)c1ccc2ccccc2c1. The van der Waals surface area contributed by atoms with E-state index in [9.17, 15) is 8.42 Å². The van der Waals surface area contributed by atoms with Crippen LogP contribution in [0.2, 0.25) is 0 Å². The summed E-state index contributed by atoms with van der Waals surface area (Å²) in [4.78, 5) is 0.267. The molecular weight excluding hydrogens is 382 g/mol. The maximum absolute atomic E-state index is 12.8. The first-order chi connectivity index (χ1) is 13.9. The zero-order valence-electron chi connectivity index (χ0n) is 16.5. The number of nitrogens with zero attached hydrogens (tertiary/aromatic N) is 2. The van der Waals surface area contributed by atoms with Gasteiger partial charge < -0.3 is 0 Å². The number of aromatic nitrogens is 2. The first-order valence-corrected chi connectivity index (χ1v) is 11.0. The van der Waals surface area contributed by atoms with Crippen LogP contribution >= 0.6 is 0 Å². The summed E-state index contributed by atoms with van der Waals surface area (Å²) < 4.78 is 30.3. The summed E-state index contributed by atoms with van der Waals surface area (Å²) in [5.41, 5.74) is 3.86. The number of rotatable bonds is 6. The average molecular weight is 406 g/mol. The van der Waals surface area contributed by atoms with E-state index in [0.717, 1.165) is 33.3 Å². The Kier molecular flexibility index (Phi) is 5.22. The van der Waals surface area contributed by atoms with Crippen LogP contribution in [0.1, 0.15) is 22.5 Å². The molecule has 1 aromatic heterocycles. The van der Waals surface area contributed by atoms with Crippen molar-refractivity contribution >= 4 is 20.8 Å². The highest BCUT2D eigenvalue weighted by atomic mass is 32.2. The zero-order chi connectivity index (χ0) is 20.4. The normalized spacial score (nSPS) is 11.8. The van der Waals surface area contributed by atoms with Crippen molar-refractivity contribution in [3.8, 4) is 0 Å². The molecule has 0 aliphatic rings. The highest BCUT2D eigenvalue weighted by molar-refractivity contribution is 7.89. The third-order valence-electron chi connectivity index (χ3n) is 5.18. The van der Waals surface area contributed by atoms with Gasteiger partial charge in [-0.15, -0.1) is 0 Å². The summed E-state index contributed by atoms with van der Waals surface area (Å²) >= 11 is 0. The number of benzene rings is 3. The molecular formula is C23H23N3O2S. The van der Waals surface area contributed by atoms with Crippen molar-refractivity contribution < 1.29 is 8.42 Å². The Morgan fingerprint density at radius 2 is 1.59 bits per heavy atom. The maximum atomic E-state index is 12.8. The van der Waals surface area contributed by atoms with Crippen molar-refractivity contribution in [2.45, 2.75) is 31.8 Å². The first kappa shape index (κ1) is 19.4. The number of hydrogen-bond donors (Lipinski definition) is 1. The Morgan fingerprint density at radius 1 is 0.897 bits per heavy atom. The van der Waals surface area contributed by atoms with Crippen LogP contribution in [0.4, 0.5) is 0 Å². The lowest BCUT2D eigenvalue weighted by molar-refractivity contribution is 0.581. The molecule has 29 heavy (non-hydrogen) atoms. The number of nitrogens with one attached hydrogen (secondary N) is 1. The van der Waals surface area contributed by atoms with Crippen molar-refractivity contribution in [1.29, 1.82) is 0 Å². The van der Waals surface area contributed by atoms with Crippen LogP contribution in [0.25, 0.3) is 10.8 Å². The molecule has 0 unspecified atom stereocenters. The van der Waals surface area contributed by atoms with Crippen molar-refractivity contribution in [3.05, 3.63) is 95.3 Å². The van der Waals surface area contributed by atoms with E-state index in [4.69, 9.17) is 0 Å². The molecule has 4 rings (SSSR count). The molecule has 0 aliphatic heterocycles. The zero-order valence-corrected chi connectivity index (χ0v) is 17.3. The second-order valence-electron chi connectivity index (χ2n) is 7.13. The third-order valence-corrected chi connectivity index (χ3v) is 6.58. The van der Waals surface area contributed by atoms with E-state index in [-0.39, 0.29) is 11.4 Å². The molecule has 148 valence electrons. The fraction of sp³-hybridized carbons (Fsp3) is 0.174. The van der Waals surface area contributed by atoms with Crippen molar-refractivity contribution in [2.24, 2.45) is 0 Å². The lowest BCUT2D eigenvalue weighted by Crippen LogP contribution is -2.23. The molecule has 0 amide bonds. The van der Waals surface area contributed by atoms with Crippen molar-refractivity contribution in [3.63, 3.8) is 0 Å². The second kappa shape index (κ2) is 7.81. The second-order valence-corrected chi connectivity index (χ2v) is 8.89. The summed E-state index contributed by atoms with van der Waals surface area (Å²) in [5, 5.41) is 6.52. The Morgan fingerprint density at radius 3 is 2.34 bits per heavy atom. The molecule has 0 atom stereocenters. The van der Waals surface area contributed by atoms with E-state index < -0.39 is 10.0 Å². The highest BCUT2D eigenvalue weighted by Crippen LogP contribution is 2.20. The lowest BCUT2D eigenvalue weighted by atomic mass is 10.1. The Hall–Kier alpha value is -2.96. The van der Waals surface area contributed by atoms with Crippen LogP contribution in [-0.2, 0) is 23.1 Å². The van der Waals surface area contributed by atoms with Gasteiger partial charge >= 0.3 is 0 Å². The lowest BCUT2D eigenvalue weighted by Gasteiger charge is -2.09. The van der Waals surface area contributed by atoms with Gasteiger partial charge in [0.15, 0.2) is 0 Å². The predicted octanol–water partition coefficient (Wildman–Crippen LogP) is 4.18. The van der Waals surface area contributed by atoms with Crippen LogP contribution < -0.4 is 4.72 Å². The van der Waals surface area contributed by atoms with Crippen molar-refractivity contribution in [1.82, 2.24) is 14.5 Å². The molecule has 3 aromatic carbocycles. The van der Waals surface area contributed by atoms with E-state index in [1.807, 2.05) is 67.1 Å². The van der Waals surface area contributed by atoms with Crippen LogP contribution in [0.3, 0.4) is 0 Å². The Bertz CT molecular complexity index is 1260. The van der Waals surface area contributed by atoms with Crippen LogP contribution in [-0.4, -0.2) is 18.2 Å². The molecule has 0 fully saturated rings. The van der Waals surface area contributed by atoms with Gasteiger partial charge in [-0.2, -0.15) is 5.10 Å². The molecule has 0 saturated heterocycles. The molecule has 0 saturated carbocycles. The van der Waals surface area contributed by atoms with Crippen LogP contribution in [0, 0.1) is 13.8 Å². The van der Waals surface area contributed by atoms with Gasteiger partial charge in [-0.05, 0) is 42.3 Å². The fourth-order valence-electron chi connectivity index (χ4n) is 3.49. The van der Waals surface area contributed by atoms with Gasteiger partial charge in [0.05, 0.1) is 17.1 Å². The standard InChI is InChI=1S/C23H23N3O2S/c1-17-23(18(2)26(25-17)16-19-8-4-3-5-9-19)15-24-29(27,28)22-13-12-20-10-6-7-11-21(20)14-22/h3-14,24H,15-16H2,1-2H3. The number of hydrogen-bond acceptors (Lipinski definition) is 3. The van der Waals surface area contributed by atoms with Crippen LogP contribution in [0.5, 0.6) is 0 Å². The number of sulfonamides is 1. The van der Waals surface area contributed by atoms with Crippen molar-refractivity contribution in [2.75, 3.05) is 0 Å². The molecule has 0 aliphatic carbocycles. The van der Waals surface area contributed by atoms with E-state index in [1.165, 1.54) is 0 Å². The third kappa shape index (κ3) is 4.09. The molecule has 6 heteroatoms. The molecule has 1 N–H and O–H groups in total. The number of aryl methyl sites for hydroxylation is 1. The monoisotopic (exact) mass is 405 g/mol. The van der Waals surface area contributed by atoms with Gasteiger partial charge in [0.2, 0.25) is 10.0 Å². The van der Waals surface area contributed by atoms with Gasteiger partial charge in [0.25, 0.3) is 0 Å². The molecule has 5 nitrogen and oxygen atoms in total. The van der Waals surface area contributed by atoms with E-state index in [1.54, 1.807) is 12.1 Å². The van der Waals surface area contributed by atoms with Gasteiger partial charge in [-0.3, -0.25) is 4.68 Å². The topological polar surface area (TPSA) is 64.0 Å². The summed E-state index contributed by atoms with van der Waals surface area (Å²) in [6, 6.07) is 23.0. The summed E-state index contributed by atoms with van der Waals surface area (Å²) in [6.45, 7) is 4.75. The van der Waals surface area contributed by atoms with E-state index in [2.05, 4.69) is 22.0 Å². The quantitative estimate of drug-likeness (QED) is 0.523. The smallest absolute Gasteiger partial charge is 0.240 e. The summed E-state index contributed by atoms with van der Waals surface area (Å²) in [5.74, 6) is 0. The van der Waals surface area contributed by atoms with Gasteiger partial charge in [-0.1, -0.05) is 60.7 Å². The van der Waals surface area contributed by atoms with Gasteiger partial charge in [-0.25, -0.2) is 13.1 Å². The summed E-state index contributed by atoms with van der Waals surface area (Å²) in [7, 11) is -3.62. The first-order valence-electron chi connectivity index (χ1n) is 9.49. The minimum absolute atomic E-state index is 0.210. The maximum Gasteiger partial charge on any atom is 0.240 e. The minimum Gasteiger partial charge on any atom is -0.265 e. The number of fused-ring (bicyclic) bond motifs is 1. The van der Waals surface area contributed by atoms with Gasteiger partial charge in [0, 0.05) is 17.8 Å². The largest absolute Gasteiger partial charge is 0.265 e. The summed E-state index contributed by atoms with van der Waals surface area (Å²) in [6.07, 6.45) is 0. The fourth-order valence-corrected chi connectivity index (χ4v) is 4.52. The molecule has 1 heterocycles. The average Bonchev–Trinajstić information content (AvgIpc) is 2.99. The van der Waals surface area contributed by atoms with Gasteiger partial charge in [0.1, 0.15) is 0 Å². The molecule has 4 aromatic rings.